The number of alkyl carbamates (subject to hydrolysis) is 1. The SMILES string of the molecule is CC1(c2ccccc2)OC(=O)NC1CO. The van der Waals surface area contributed by atoms with Gasteiger partial charge in [0.2, 0.25) is 0 Å². The lowest BCUT2D eigenvalue weighted by atomic mass is 9.89. The molecular weight excluding hydrogens is 194 g/mol. The quantitative estimate of drug-likeness (QED) is 0.760. The summed E-state index contributed by atoms with van der Waals surface area (Å²) in [6, 6.07) is 9.01. The Kier molecular flexibility index (Phi) is 2.36. The number of hydrogen-bond acceptors (Lipinski definition) is 3. The Hall–Kier alpha value is -1.55. The summed E-state index contributed by atoms with van der Waals surface area (Å²) in [6.07, 6.45) is -0.486. The van der Waals surface area contributed by atoms with Gasteiger partial charge < -0.3 is 15.2 Å². The van der Waals surface area contributed by atoms with Crippen LogP contribution in [0.15, 0.2) is 30.3 Å². The van der Waals surface area contributed by atoms with Crippen LogP contribution in [0.4, 0.5) is 4.79 Å². The van der Waals surface area contributed by atoms with Crippen LogP contribution in [-0.4, -0.2) is 23.8 Å². The lowest BCUT2D eigenvalue weighted by molar-refractivity contribution is 0.0351. The molecule has 0 radical (unpaired) electrons. The Bertz CT molecular complexity index is 365. The van der Waals surface area contributed by atoms with Gasteiger partial charge in [0.05, 0.1) is 12.6 Å². The number of benzene rings is 1. The highest BCUT2D eigenvalue weighted by molar-refractivity contribution is 5.71. The van der Waals surface area contributed by atoms with Crippen LogP contribution in [0.5, 0.6) is 0 Å². The molecule has 2 N–H and O–H groups in total. The molecule has 1 aliphatic heterocycles. The Labute approximate surface area is 87.9 Å². The van der Waals surface area contributed by atoms with Crippen LogP contribution in [0.3, 0.4) is 0 Å². The van der Waals surface area contributed by atoms with Crippen LogP contribution in [-0.2, 0) is 10.3 Å². The van der Waals surface area contributed by atoms with Crippen molar-refractivity contribution in [2.24, 2.45) is 0 Å². The molecule has 0 spiro atoms. The second-order valence-corrected chi connectivity index (χ2v) is 3.74. The molecule has 15 heavy (non-hydrogen) atoms. The molecule has 1 amide bonds. The summed E-state index contributed by atoms with van der Waals surface area (Å²) in [5.41, 5.74) is 0.0926. The van der Waals surface area contributed by atoms with Crippen molar-refractivity contribution < 1.29 is 14.6 Å². The van der Waals surface area contributed by atoms with Crippen LogP contribution in [0, 0.1) is 0 Å². The molecule has 1 aromatic carbocycles. The first-order chi connectivity index (χ1) is 7.16. The van der Waals surface area contributed by atoms with Gasteiger partial charge in [-0.15, -0.1) is 0 Å². The Morgan fingerprint density at radius 2 is 2.13 bits per heavy atom. The maximum atomic E-state index is 11.2. The molecule has 80 valence electrons. The van der Waals surface area contributed by atoms with Crippen molar-refractivity contribution in [3.63, 3.8) is 0 Å². The van der Waals surface area contributed by atoms with E-state index < -0.39 is 17.7 Å². The van der Waals surface area contributed by atoms with Crippen molar-refractivity contribution in [1.29, 1.82) is 0 Å². The number of amides is 1. The number of rotatable bonds is 2. The largest absolute Gasteiger partial charge is 0.436 e. The van der Waals surface area contributed by atoms with Crippen LogP contribution in [0.1, 0.15) is 12.5 Å². The highest BCUT2D eigenvalue weighted by Gasteiger charge is 2.46. The van der Waals surface area contributed by atoms with Crippen LogP contribution >= 0.6 is 0 Å². The Morgan fingerprint density at radius 3 is 2.73 bits per heavy atom. The highest BCUT2D eigenvalue weighted by atomic mass is 16.6. The summed E-state index contributed by atoms with van der Waals surface area (Å²) < 4.78 is 5.23. The van der Waals surface area contributed by atoms with Crippen LogP contribution in [0.25, 0.3) is 0 Å². The minimum Gasteiger partial charge on any atom is -0.436 e. The zero-order chi connectivity index (χ0) is 10.9. The topological polar surface area (TPSA) is 58.6 Å². The molecule has 0 bridgehead atoms. The molecule has 1 saturated heterocycles. The molecule has 0 aliphatic carbocycles. The van der Waals surface area contributed by atoms with Crippen molar-refractivity contribution in [3.05, 3.63) is 35.9 Å². The molecule has 0 aromatic heterocycles. The van der Waals surface area contributed by atoms with Crippen molar-refractivity contribution in [1.82, 2.24) is 5.32 Å². The third kappa shape index (κ3) is 1.57. The number of aliphatic hydroxyl groups is 1. The summed E-state index contributed by atoms with van der Waals surface area (Å²) >= 11 is 0. The standard InChI is InChI=1S/C11H13NO3/c1-11(8-5-3-2-4-6-8)9(7-13)12-10(14)15-11/h2-6,9,13H,7H2,1H3,(H,12,14). The number of aliphatic hydroxyl groups excluding tert-OH is 1. The van der Waals surface area contributed by atoms with E-state index in [1.54, 1.807) is 6.92 Å². The van der Waals surface area contributed by atoms with Crippen molar-refractivity contribution in [2.45, 2.75) is 18.6 Å². The minimum absolute atomic E-state index is 0.142. The van der Waals surface area contributed by atoms with E-state index in [-0.39, 0.29) is 6.61 Å². The number of carbonyl (C=O) groups excluding carboxylic acids is 1. The molecule has 1 fully saturated rings. The van der Waals surface area contributed by atoms with Gasteiger partial charge in [-0.1, -0.05) is 30.3 Å². The fraction of sp³-hybridized carbons (Fsp3) is 0.364. The first-order valence-corrected chi connectivity index (χ1v) is 4.82. The molecule has 1 heterocycles. The van der Waals surface area contributed by atoms with E-state index >= 15 is 0 Å². The van der Waals surface area contributed by atoms with Crippen molar-refractivity contribution in [3.8, 4) is 0 Å². The molecule has 4 nitrogen and oxygen atoms in total. The number of carbonyl (C=O) groups is 1. The Balaban J connectivity index is 2.37. The predicted octanol–water partition coefficient (Wildman–Crippen LogP) is 1.00. The van der Waals surface area contributed by atoms with E-state index in [9.17, 15) is 9.90 Å². The lowest BCUT2D eigenvalue weighted by Gasteiger charge is -2.27. The predicted molar refractivity (Wildman–Crippen MR) is 54.3 cm³/mol. The number of hydrogen-bond donors (Lipinski definition) is 2. The smallest absolute Gasteiger partial charge is 0.408 e. The second kappa shape index (κ2) is 3.55. The van der Waals surface area contributed by atoms with Crippen LogP contribution in [0.2, 0.25) is 0 Å². The second-order valence-electron chi connectivity index (χ2n) is 3.74. The monoisotopic (exact) mass is 207 g/mol. The van der Waals surface area contributed by atoms with Gasteiger partial charge >= 0.3 is 6.09 Å². The summed E-state index contributed by atoms with van der Waals surface area (Å²) in [5.74, 6) is 0. The Morgan fingerprint density at radius 1 is 1.47 bits per heavy atom. The number of ether oxygens (including phenoxy) is 1. The van der Waals surface area contributed by atoms with E-state index in [2.05, 4.69) is 5.32 Å². The third-order valence-electron chi connectivity index (χ3n) is 2.79. The fourth-order valence-electron chi connectivity index (χ4n) is 1.82. The van der Waals surface area contributed by atoms with Gasteiger partial charge in [-0.2, -0.15) is 0 Å². The average molecular weight is 207 g/mol. The molecule has 1 aliphatic rings. The van der Waals surface area contributed by atoms with Crippen LogP contribution < -0.4 is 5.32 Å². The van der Waals surface area contributed by atoms with E-state index in [1.807, 2.05) is 30.3 Å². The molecule has 1 aromatic rings. The highest BCUT2D eigenvalue weighted by Crippen LogP contribution is 2.33. The molecule has 2 unspecified atom stereocenters. The normalized spacial score (nSPS) is 29.7. The summed E-state index contributed by atoms with van der Waals surface area (Å²) in [6.45, 7) is 1.65. The van der Waals surface area contributed by atoms with Gasteiger partial charge in [0.1, 0.15) is 0 Å². The van der Waals surface area contributed by atoms with E-state index in [4.69, 9.17) is 4.74 Å². The maximum Gasteiger partial charge on any atom is 0.408 e. The zero-order valence-corrected chi connectivity index (χ0v) is 8.43. The summed E-state index contributed by atoms with van der Waals surface area (Å²) in [5, 5.41) is 11.8. The molecule has 0 saturated carbocycles. The van der Waals surface area contributed by atoms with E-state index in [0.29, 0.717) is 0 Å². The first-order valence-electron chi connectivity index (χ1n) is 4.82. The third-order valence-corrected chi connectivity index (χ3v) is 2.79. The van der Waals surface area contributed by atoms with Gasteiger partial charge in [0.25, 0.3) is 0 Å². The fourth-order valence-corrected chi connectivity index (χ4v) is 1.82. The van der Waals surface area contributed by atoms with Gasteiger partial charge in [-0.05, 0) is 12.5 Å². The number of nitrogens with one attached hydrogen (secondary N) is 1. The minimum atomic E-state index is -0.785. The molecule has 2 atom stereocenters. The average Bonchev–Trinajstić information content (AvgIpc) is 2.56. The molecule has 4 heteroatoms. The van der Waals surface area contributed by atoms with Crippen molar-refractivity contribution in [2.75, 3.05) is 6.61 Å². The van der Waals surface area contributed by atoms with Crippen molar-refractivity contribution >= 4 is 6.09 Å². The molecular formula is C11H13NO3. The molecule has 2 rings (SSSR count). The van der Waals surface area contributed by atoms with E-state index in [1.165, 1.54) is 0 Å². The zero-order valence-electron chi connectivity index (χ0n) is 8.43. The van der Waals surface area contributed by atoms with Gasteiger partial charge in [0.15, 0.2) is 5.60 Å². The van der Waals surface area contributed by atoms with Gasteiger partial charge in [0, 0.05) is 0 Å². The van der Waals surface area contributed by atoms with Gasteiger partial charge in [-0.25, -0.2) is 4.79 Å². The summed E-state index contributed by atoms with van der Waals surface area (Å²) in [4.78, 5) is 11.2. The van der Waals surface area contributed by atoms with Gasteiger partial charge in [-0.3, -0.25) is 0 Å². The number of cyclic esters (lactones) is 1. The van der Waals surface area contributed by atoms with E-state index in [0.717, 1.165) is 5.56 Å². The maximum absolute atomic E-state index is 11.2. The first kappa shape index (κ1) is 9.98. The summed E-state index contributed by atoms with van der Waals surface area (Å²) in [7, 11) is 0. The lowest BCUT2D eigenvalue weighted by Crippen LogP contribution is -2.41.